The Kier molecular flexibility index (Phi) is 10.2. The number of likely N-dealkylation sites (N-methyl/N-ethyl adjacent to an activating group) is 1. The van der Waals surface area contributed by atoms with Crippen LogP contribution in [0.1, 0.15) is 64.2 Å². The quantitative estimate of drug-likeness (QED) is 0.697. The highest BCUT2D eigenvalue weighted by atomic mass is 35.5. The molecule has 174 valence electrons. The zero-order valence-corrected chi connectivity index (χ0v) is 20.0. The molecule has 30 heavy (non-hydrogen) atoms. The van der Waals surface area contributed by atoms with Crippen molar-refractivity contribution in [3.8, 4) is 0 Å². The Bertz CT molecular complexity index is 551. The Hall–Kier alpha value is -0.560. The number of carbonyl (C=O) groups excluding carboxylic acids is 2. The van der Waals surface area contributed by atoms with Gasteiger partial charge in [-0.25, -0.2) is 0 Å². The van der Waals surface area contributed by atoms with Crippen LogP contribution in [0, 0.1) is 5.92 Å². The molecule has 0 aromatic rings. The fourth-order valence-corrected chi connectivity index (χ4v) is 5.83. The van der Waals surface area contributed by atoms with E-state index in [1.807, 2.05) is 16.8 Å². The molecule has 2 saturated heterocycles. The van der Waals surface area contributed by atoms with Crippen molar-refractivity contribution in [1.82, 2.24) is 20.0 Å². The van der Waals surface area contributed by atoms with Crippen LogP contribution in [0.2, 0.25) is 0 Å². The van der Waals surface area contributed by atoms with E-state index in [0.29, 0.717) is 30.5 Å². The van der Waals surface area contributed by atoms with Gasteiger partial charge in [0, 0.05) is 45.3 Å². The van der Waals surface area contributed by atoms with Gasteiger partial charge in [-0.1, -0.05) is 32.1 Å². The second-order valence-electron chi connectivity index (χ2n) is 9.50. The molecule has 0 aromatic carbocycles. The maximum absolute atomic E-state index is 13.0. The summed E-state index contributed by atoms with van der Waals surface area (Å²) >= 11 is 0. The fourth-order valence-electron chi connectivity index (χ4n) is 5.83. The lowest BCUT2D eigenvalue weighted by Gasteiger charge is -2.37. The summed E-state index contributed by atoms with van der Waals surface area (Å²) < 4.78 is 0. The van der Waals surface area contributed by atoms with Gasteiger partial charge in [0.25, 0.3) is 0 Å². The number of nitrogens with one attached hydrogen (secondary N) is 1. The smallest absolute Gasteiger partial charge is 0.239 e. The summed E-state index contributed by atoms with van der Waals surface area (Å²) in [6.45, 7) is 3.64. The molecule has 4 aliphatic rings. The molecule has 4 fully saturated rings. The summed E-state index contributed by atoms with van der Waals surface area (Å²) in [7, 11) is 1.98. The van der Waals surface area contributed by atoms with Crippen LogP contribution in [0.15, 0.2) is 0 Å². The topological polar surface area (TPSA) is 55.9 Å². The first kappa shape index (κ1) is 25.7. The van der Waals surface area contributed by atoms with Crippen molar-refractivity contribution in [1.29, 1.82) is 0 Å². The van der Waals surface area contributed by atoms with Crippen molar-refractivity contribution in [2.45, 2.75) is 82.3 Å². The molecule has 4 rings (SSSR count). The summed E-state index contributed by atoms with van der Waals surface area (Å²) in [6.07, 6.45) is 12.3. The van der Waals surface area contributed by atoms with Crippen molar-refractivity contribution < 1.29 is 9.59 Å². The number of carbonyl (C=O) groups is 2. The SMILES string of the molecule is CN(C(=O)CN1CCN(C(=O)C2CC3CCCCC3N2)CC1)C1CCCCC1.Cl.Cl. The van der Waals surface area contributed by atoms with Gasteiger partial charge in [0.1, 0.15) is 0 Å². The molecule has 2 aliphatic carbocycles. The van der Waals surface area contributed by atoms with Crippen molar-refractivity contribution >= 4 is 36.6 Å². The second-order valence-corrected chi connectivity index (χ2v) is 9.50. The van der Waals surface area contributed by atoms with Gasteiger partial charge >= 0.3 is 0 Å². The minimum atomic E-state index is 0. The molecular weight excluding hydrogens is 423 g/mol. The highest BCUT2D eigenvalue weighted by molar-refractivity contribution is 5.85. The number of piperazine rings is 1. The van der Waals surface area contributed by atoms with Gasteiger partial charge in [0.15, 0.2) is 0 Å². The minimum absolute atomic E-state index is 0. The molecule has 1 N–H and O–H groups in total. The lowest BCUT2D eigenvalue weighted by atomic mass is 9.85. The van der Waals surface area contributed by atoms with E-state index in [-0.39, 0.29) is 36.8 Å². The van der Waals surface area contributed by atoms with Crippen LogP contribution in [0.25, 0.3) is 0 Å². The first-order valence-corrected chi connectivity index (χ1v) is 11.6. The molecule has 8 heteroatoms. The minimum Gasteiger partial charge on any atom is -0.342 e. The molecule has 0 radical (unpaired) electrons. The number of rotatable bonds is 4. The van der Waals surface area contributed by atoms with Gasteiger partial charge in [-0.3, -0.25) is 14.5 Å². The van der Waals surface area contributed by atoms with Gasteiger partial charge < -0.3 is 15.1 Å². The number of hydrogen-bond acceptors (Lipinski definition) is 4. The molecule has 3 unspecified atom stereocenters. The third-order valence-electron chi connectivity index (χ3n) is 7.72. The molecule has 2 aliphatic heterocycles. The van der Waals surface area contributed by atoms with Gasteiger partial charge in [-0.2, -0.15) is 0 Å². The maximum Gasteiger partial charge on any atom is 0.239 e. The Morgan fingerprint density at radius 2 is 1.53 bits per heavy atom. The first-order chi connectivity index (χ1) is 13.6. The molecule has 6 nitrogen and oxygen atoms in total. The molecule has 0 spiro atoms. The maximum atomic E-state index is 13.0. The zero-order valence-electron chi connectivity index (χ0n) is 18.4. The normalized spacial score (nSPS) is 30.0. The van der Waals surface area contributed by atoms with Crippen LogP contribution in [-0.2, 0) is 9.59 Å². The summed E-state index contributed by atoms with van der Waals surface area (Å²) in [6, 6.07) is 1.02. The van der Waals surface area contributed by atoms with Crippen molar-refractivity contribution in [2.24, 2.45) is 5.92 Å². The van der Waals surface area contributed by atoms with Gasteiger partial charge in [-0.15, -0.1) is 24.8 Å². The van der Waals surface area contributed by atoms with Crippen LogP contribution in [-0.4, -0.2) is 84.4 Å². The number of hydrogen-bond donors (Lipinski definition) is 1. The standard InChI is InChI=1S/C22H38N4O2.2ClH/c1-24(18-8-3-2-4-9-18)21(27)16-25-11-13-26(14-12-25)22(28)20-15-17-7-5-6-10-19(17)23-20;;/h17-20,23H,2-16H2,1H3;2*1H. The van der Waals surface area contributed by atoms with E-state index in [1.165, 1.54) is 44.9 Å². The van der Waals surface area contributed by atoms with Crippen molar-refractivity contribution in [3.05, 3.63) is 0 Å². The van der Waals surface area contributed by atoms with E-state index in [0.717, 1.165) is 45.4 Å². The molecule has 2 amide bonds. The van der Waals surface area contributed by atoms with Crippen LogP contribution >= 0.6 is 24.8 Å². The van der Waals surface area contributed by atoms with Crippen LogP contribution in [0.3, 0.4) is 0 Å². The van der Waals surface area contributed by atoms with E-state index in [4.69, 9.17) is 0 Å². The number of fused-ring (bicyclic) bond motifs is 1. The van der Waals surface area contributed by atoms with E-state index >= 15 is 0 Å². The Balaban J connectivity index is 0.00000160. The molecule has 3 atom stereocenters. The molecule has 2 saturated carbocycles. The summed E-state index contributed by atoms with van der Waals surface area (Å²) in [5.41, 5.74) is 0. The van der Waals surface area contributed by atoms with Gasteiger partial charge in [0.2, 0.25) is 11.8 Å². The van der Waals surface area contributed by atoms with Crippen LogP contribution in [0.5, 0.6) is 0 Å². The monoisotopic (exact) mass is 462 g/mol. The molecule has 0 bridgehead atoms. The van der Waals surface area contributed by atoms with E-state index < -0.39 is 0 Å². The van der Waals surface area contributed by atoms with Crippen LogP contribution in [0.4, 0.5) is 0 Å². The van der Waals surface area contributed by atoms with Crippen molar-refractivity contribution in [2.75, 3.05) is 39.8 Å². The number of nitrogens with zero attached hydrogens (tertiary/aromatic N) is 3. The second kappa shape index (κ2) is 11.9. The van der Waals surface area contributed by atoms with E-state index in [9.17, 15) is 9.59 Å². The molecular formula is C22H40Cl2N4O2. The Labute approximate surface area is 194 Å². The zero-order chi connectivity index (χ0) is 19.5. The predicted molar refractivity (Wildman–Crippen MR) is 124 cm³/mol. The average Bonchev–Trinajstić information content (AvgIpc) is 3.18. The van der Waals surface area contributed by atoms with E-state index in [1.54, 1.807) is 0 Å². The third kappa shape index (κ3) is 6.02. The number of amides is 2. The van der Waals surface area contributed by atoms with Crippen molar-refractivity contribution in [3.63, 3.8) is 0 Å². The van der Waals surface area contributed by atoms with Gasteiger partial charge in [-0.05, 0) is 38.0 Å². The predicted octanol–water partition coefficient (Wildman–Crippen LogP) is 2.69. The third-order valence-corrected chi connectivity index (χ3v) is 7.72. The highest BCUT2D eigenvalue weighted by Crippen LogP contribution is 2.33. The largest absolute Gasteiger partial charge is 0.342 e. The van der Waals surface area contributed by atoms with Gasteiger partial charge in [0.05, 0.1) is 12.6 Å². The highest BCUT2D eigenvalue weighted by Gasteiger charge is 2.40. The summed E-state index contributed by atoms with van der Waals surface area (Å²) in [5, 5.41) is 3.62. The lowest BCUT2D eigenvalue weighted by Crippen LogP contribution is -2.55. The average molecular weight is 463 g/mol. The Morgan fingerprint density at radius 3 is 2.20 bits per heavy atom. The Morgan fingerprint density at radius 1 is 0.900 bits per heavy atom. The summed E-state index contributed by atoms with van der Waals surface area (Å²) in [4.78, 5) is 31.9. The fraction of sp³-hybridized carbons (Fsp3) is 0.909. The molecule has 2 heterocycles. The van der Waals surface area contributed by atoms with E-state index in [2.05, 4.69) is 10.2 Å². The van der Waals surface area contributed by atoms with Crippen LogP contribution < -0.4 is 5.32 Å². The number of halogens is 2. The molecule has 0 aromatic heterocycles. The first-order valence-electron chi connectivity index (χ1n) is 11.6. The lowest BCUT2D eigenvalue weighted by molar-refractivity contribution is -0.137. The summed E-state index contributed by atoms with van der Waals surface area (Å²) in [5.74, 6) is 1.24.